The van der Waals surface area contributed by atoms with Gasteiger partial charge in [-0.15, -0.1) is 11.8 Å². The van der Waals surface area contributed by atoms with Crippen LogP contribution in [0.5, 0.6) is 0 Å². The highest BCUT2D eigenvalue weighted by atomic mass is 32.2. The normalized spacial score (nSPS) is 19.9. The third kappa shape index (κ3) is 4.27. The number of fused-ring (bicyclic) bond motifs is 1. The van der Waals surface area contributed by atoms with Crippen LogP contribution in [0.15, 0.2) is 53.4 Å². The molecule has 4 rings (SSSR count). The van der Waals surface area contributed by atoms with Crippen molar-refractivity contribution in [1.82, 2.24) is 0 Å². The van der Waals surface area contributed by atoms with Crippen LogP contribution in [0.4, 0.5) is 17.1 Å². The van der Waals surface area contributed by atoms with E-state index in [0.29, 0.717) is 11.4 Å². The van der Waals surface area contributed by atoms with E-state index in [1.54, 1.807) is 54.8 Å². The number of rotatable bonds is 5. The van der Waals surface area contributed by atoms with Gasteiger partial charge in [0.25, 0.3) is 5.91 Å². The Balaban J connectivity index is 1.48. The van der Waals surface area contributed by atoms with Crippen molar-refractivity contribution in [2.75, 3.05) is 27.9 Å². The molecule has 0 aromatic heterocycles. The number of thioether (sulfide) groups is 1. The molecule has 2 heterocycles. The molecule has 0 aliphatic carbocycles. The number of ether oxygens (including phenoxy) is 1. The summed E-state index contributed by atoms with van der Waals surface area (Å²) in [6.07, 6.45) is 0.841. The minimum atomic E-state index is -1.17. The van der Waals surface area contributed by atoms with E-state index in [0.717, 1.165) is 10.6 Å². The van der Waals surface area contributed by atoms with Gasteiger partial charge in [0.1, 0.15) is 5.54 Å². The van der Waals surface area contributed by atoms with E-state index in [2.05, 4.69) is 5.32 Å². The number of nitrogens with one attached hydrogen (secondary N) is 1. The van der Waals surface area contributed by atoms with E-state index in [1.165, 1.54) is 11.8 Å². The number of nitrogens with zero attached hydrogens (tertiary/aromatic N) is 2. The number of esters is 1. The average Bonchev–Trinajstić information content (AvgIpc) is 3.21. The predicted molar refractivity (Wildman–Crippen MR) is 131 cm³/mol. The Morgan fingerprint density at radius 3 is 2.62 bits per heavy atom. The summed E-state index contributed by atoms with van der Waals surface area (Å²) in [6.45, 7) is 4.96. The van der Waals surface area contributed by atoms with E-state index in [4.69, 9.17) is 4.74 Å². The lowest BCUT2D eigenvalue weighted by Gasteiger charge is -2.42. The van der Waals surface area contributed by atoms with Crippen molar-refractivity contribution in [3.05, 3.63) is 48.5 Å². The zero-order chi connectivity index (χ0) is 24.6. The second-order valence-electron chi connectivity index (χ2n) is 8.89. The highest BCUT2D eigenvalue weighted by Crippen LogP contribution is 2.37. The molecule has 3 amide bonds. The number of anilines is 3. The molecule has 178 valence electrons. The minimum Gasteiger partial charge on any atom is -0.452 e. The number of hydrogen-bond donors (Lipinski definition) is 1. The topological polar surface area (TPSA) is 96.0 Å². The smallest absolute Gasteiger partial charge is 0.312 e. The number of hydrogen-bond acceptors (Lipinski definition) is 6. The molecule has 2 aliphatic heterocycles. The molecule has 8 nitrogen and oxygen atoms in total. The Morgan fingerprint density at radius 2 is 1.88 bits per heavy atom. The fourth-order valence-corrected chi connectivity index (χ4v) is 4.70. The van der Waals surface area contributed by atoms with Crippen LogP contribution >= 0.6 is 11.8 Å². The molecule has 0 bridgehead atoms. The van der Waals surface area contributed by atoms with Gasteiger partial charge in [0, 0.05) is 23.5 Å². The molecule has 1 N–H and O–H groups in total. The van der Waals surface area contributed by atoms with Gasteiger partial charge in [0.15, 0.2) is 6.10 Å². The van der Waals surface area contributed by atoms with Gasteiger partial charge in [-0.05, 0) is 57.4 Å². The first kappa shape index (κ1) is 23.8. The van der Waals surface area contributed by atoms with Crippen molar-refractivity contribution in [3.8, 4) is 0 Å². The Bertz CT molecular complexity index is 1160. The van der Waals surface area contributed by atoms with E-state index < -0.39 is 29.4 Å². The molecule has 2 aromatic carbocycles. The third-order valence-electron chi connectivity index (χ3n) is 6.19. The van der Waals surface area contributed by atoms with Crippen molar-refractivity contribution in [1.29, 1.82) is 0 Å². The van der Waals surface area contributed by atoms with Crippen LogP contribution in [-0.4, -0.2) is 48.1 Å². The zero-order valence-corrected chi connectivity index (χ0v) is 20.3. The number of amides is 3. The van der Waals surface area contributed by atoms with Gasteiger partial charge in [-0.25, -0.2) is 0 Å². The molecule has 0 spiro atoms. The van der Waals surface area contributed by atoms with Crippen molar-refractivity contribution in [2.24, 2.45) is 5.92 Å². The minimum absolute atomic E-state index is 0.0175. The van der Waals surface area contributed by atoms with Crippen LogP contribution in [0.2, 0.25) is 0 Å². The van der Waals surface area contributed by atoms with Crippen molar-refractivity contribution in [3.63, 3.8) is 0 Å². The lowest BCUT2D eigenvalue weighted by atomic mass is 9.95. The third-order valence-corrected chi connectivity index (χ3v) is 6.92. The largest absolute Gasteiger partial charge is 0.452 e. The molecular weight excluding hydrogens is 454 g/mol. The summed E-state index contributed by atoms with van der Waals surface area (Å²) in [4.78, 5) is 55.5. The first-order valence-electron chi connectivity index (χ1n) is 11.0. The molecule has 0 saturated carbocycles. The fraction of sp³-hybridized carbons (Fsp3) is 0.360. The van der Waals surface area contributed by atoms with E-state index in [-0.39, 0.29) is 24.8 Å². The van der Waals surface area contributed by atoms with Crippen molar-refractivity contribution in [2.45, 2.75) is 43.7 Å². The first-order valence-corrected chi connectivity index (χ1v) is 12.3. The van der Waals surface area contributed by atoms with E-state index in [1.807, 2.05) is 30.5 Å². The summed E-state index contributed by atoms with van der Waals surface area (Å²) in [5.74, 6) is -2.28. The molecule has 2 aromatic rings. The lowest BCUT2D eigenvalue weighted by Crippen LogP contribution is -2.60. The average molecular weight is 482 g/mol. The number of carbonyl (C=O) groups excluding carboxylic acids is 4. The van der Waals surface area contributed by atoms with Crippen LogP contribution in [0, 0.1) is 5.92 Å². The number of carbonyl (C=O) groups is 4. The van der Waals surface area contributed by atoms with Gasteiger partial charge >= 0.3 is 5.97 Å². The summed E-state index contributed by atoms with van der Waals surface area (Å²) in [5, 5.41) is 2.81. The quantitative estimate of drug-likeness (QED) is 0.519. The maximum Gasteiger partial charge on any atom is 0.312 e. The summed E-state index contributed by atoms with van der Waals surface area (Å²) in [5.41, 5.74) is 0.613. The molecule has 9 heteroatoms. The van der Waals surface area contributed by atoms with Crippen LogP contribution in [0.25, 0.3) is 0 Å². The van der Waals surface area contributed by atoms with Gasteiger partial charge < -0.3 is 15.0 Å². The number of benzene rings is 2. The summed E-state index contributed by atoms with van der Waals surface area (Å²) in [6, 6.07) is 14.5. The van der Waals surface area contributed by atoms with Crippen LogP contribution < -0.4 is 15.1 Å². The maximum atomic E-state index is 13.4. The standard InChI is InChI=1S/C25H27N3O5S/c1-15(22(30)28-20-11-6-5-10-19(20)26-24(32)25(28,2)3)33-23(31)16-12-21(29)27(14-16)17-8-7-9-18(13-17)34-4/h5-11,13,15-16H,12,14H2,1-4H3,(H,26,32). The van der Waals surface area contributed by atoms with Crippen LogP contribution in [0.1, 0.15) is 27.2 Å². The second kappa shape index (κ2) is 9.13. The molecule has 2 atom stereocenters. The first-order chi connectivity index (χ1) is 16.1. The van der Waals surface area contributed by atoms with E-state index >= 15 is 0 Å². The van der Waals surface area contributed by atoms with Gasteiger partial charge in [-0.1, -0.05) is 18.2 Å². The molecule has 1 fully saturated rings. The van der Waals surface area contributed by atoms with Gasteiger partial charge in [0.05, 0.1) is 17.3 Å². The highest BCUT2D eigenvalue weighted by Gasteiger charge is 2.46. The van der Waals surface area contributed by atoms with Crippen LogP contribution in [-0.2, 0) is 23.9 Å². The Kier molecular flexibility index (Phi) is 6.40. The molecule has 2 aliphatic rings. The molecule has 0 radical (unpaired) electrons. The van der Waals surface area contributed by atoms with Crippen molar-refractivity contribution < 1.29 is 23.9 Å². The molecule has 2 unspecified atom stereocenters. The van der Waals surface area contributed by atoms with E-state index in [9.17, 15) is 19.2 Å². The second-order valence-corrected chi connectivity index (χ2v) is 9.77. The molecular formula is C25H27N3O5S. The predicted octanol–water partition coefficient (Wildman–Crippen LogP) is 3.46. The summed E-state index contributed by atoms with van der Waals surface area (Å²) in [7, 11) is 0. The Labute approximate surface area is 202 Å². The Hall–Kier alpha value is -3.33. The van der Waals surface area contributed by atoms with Gasteiger partial charge in [0.2, 0.25) is 11.8 Å². The zero-order valence-electron chi connectivity index (χ0n) is 19.5. The maximum absolute atomic E-state index is 13.4. The highest BCUT2D eigenvalue weighted by molar-refractivity contribution is 7.98. The molecule has 1 saturated heterocycles. The van der Waals surface area contributed by atoms with Crippen LogP contribution in [0.3, 0.4) is 0 Å². The lowest BCUT2D eigenvalue weighted by molar-refractivity contribution is -0.158. The SMILES string of the molecule is CSc1cccc(N2CC(C(=O)OC(C)C(=O)N3c4ccccc4NC(=O)C3(C)C)CC2=O)c1. The number of para-hydroxylation sites is 2. The monoisotopic (exact) mass is 481 g/mol. The Morgan fingerprint density at radius 1 is 1.15 bits per heavy atom. The molecule has 34 heavy (non-hydrogen) atoms. The fourth-order valence-electron chi connectivity index (χ4n) is 4.24. The summed E-state index contributed by atoms with van der Waals surface area (Å²) < 4.78 is 5.53. The van der Waals surface area contributed by atoms with Crippen molar-refractivity contribution >= 4 is 52.5 Å². The van der Waals surface area contributed by atoms with Gasteiger partial charge in [-0.3, -0.25) is 24.1 Å². The van der Waals surface area contributed by atoms with Gasteiger partial charge in [-0.2, -0.15) is 0 Å². The summed E-state index contributed by atoms with van der Waals surface area (Å²) >= 11 is 1.57.